The summed E-state index contributed by atoms with van der Waals surface area (Å²) in [6, 6.07) is 11.1. The molecule has 0 spiro atoms. The molecule has 0 bridgehead atoms. The van der Waals surface area contributed by atoms with Crippen LogP contribution in [0.2, 0.25) is 0 Å². The first-order valence-corrected chi connectivity index (χ1v) is 10.6. The SMILES string of the molecule is COc1ccc(C(=O)Nc2cc(S(=O)(=O)N3CCN(C)CC3)ccc2OC)cc1. The largest absolute Gasteiger partial charge is 0.497 e. The van der Waals surface area contributed by atoms with Crippen molar-refractivity contribution in [2.45, 2.75) is 4.90 Å². The zero-order chi connectivity index (χ0) is 21.0. The summed E-state index contributed by atoms with van der Waals surface area (Å²) in [5.41, 5.74) is 0.712. The maximum absolute atomic E-state index is 13.0. The van der Waals surface area contributed by atoms with Crippen LogP contribution in [0.5, 0.6) is 11.5 Å². The first kappa shape index (κ1) is 21.1. The number of benzene rings is 2. The van der Waals surface area contributed by atoms with Gasteiger partial charge in [-0.1, -0.05) is 0 Å². The predicted octanol–water partition coefficient (Wildman–Crippen LogP) is 1.89. The Bertz CT molecular complexity index is 968. The molecule has 0 atom stereocenters. The summed E-state index contributed by atoms with van der Waals surface area (Å²) in [6.45, 7) is 2.21. The lowest BCUT2D eigenvalue weighted by Crippen LogP contribution is -2.47. The van der Waals surface area contributed by atoms with E-state index in [1.165, 1.54) is 23.5 Å². The van der Waals surface area contributed by atoms with Gasteiger partial charge >= 0.3 is 0 Å². The normalized spacial score (nSPS) is 15.7. The molecule has 9 heteroatoms. The Balaban J connectivity index is 1.85. The summed E-state index contributed by atoms with van der Waals surface area (Å²) in [7, 11) is 1.32. The van der Waals surface area contributed by atoms with Crippen molar-refractivity contribution in [1.29, 1.82) is 0 Å². The highest BCUT2D eigenvalue weighted by Gasteiger charge is 2.28. The fourth-order valence-electron chi connectivity index (χ4n) is 3.06. The number of rotatable bonds is 6. The molecule has 2 aromatic carbocycles. The van der Waals surface area contributed by atoms with Crippen molar-refractivity contribution in [3.63, 3.8) is 0 Å². The van der Waals surface area contributed by atoms with Gasteiger partial charge < -0.3 is 19.7 Å². The molecular formula is C20H25N3O5S. The van der Waals surface area contributed by atoms with Crippen molar-refractivity contribution in [3.8, 4) is 11.5 Å². The first-order chi connectivity index (χ1) is 13.8. The van der Waals surface area contributed by atoms with Crippen LogP contribution in [0.1, 0.15) is 10.4 Å². The van der Waals surface area contributed by atoms with Crippen LogP contribution in [0.15, 0.2) is 47.4 Å². The molecule has 0 aliphatic carbocycles. The molecule has 1 saturated heterocycles. The number of hydrogen-bond donors (Lipinski definition) is 1. The van der Waals surface area contributed by atoms with Crippen LogP contribution in [0, 0.1) is 0 Å². The van der Waals surface area contributed by atoms with Crippen LogP contribution < -0.4 is 14.8 Å². The molecule has 1 amide bonds. The van der Waals surface area contributed by atoms with E-state index in [2.05, 4.69) is 10.2 Å². The third kappa shape index (κ3) is 4.69. The van der Waals surface area contributed by atoms with Gasteiger partial charge in [-0.15, -0.1) is 0 Å². The minimum atomic E-state index is -3.66. The Hall–Kier alpha value is -2.62. The van der Waals surface area contributed by atoms with Gasteiger partial charge in [0.2, 0.25) is 10.0 Å². The summed E-state index contributed by atoms with van der Waals surface area (Å²) in [6.07, 6.45) is 0. The number of likely N-dealkylation sites (N-methyl/N-ethyl adjacent to an activating group) is 1. The molecule has 0 aromatic heterocycles. The molecule has 0 unspecified atom stereocenters. The molecule has 1 fully saturated rings. The lowest BCUT2D eigenvalue weighted by Gasteiger charge is -2.31. The van der Waals surface area contributed by atoms with Gasteiger partial charge in [0.15, 0.2) is 0 Å². The average molecular weight is 420 g/mol. The minimum Gasteiger partial charge on any atom is -0.497 e. The van der Waals surface area contributed by atoms with Crippen molar-refractivity contribution < 1.29 is 22.7 Å². The number of anilines is 1. The summed E-state index contributed by atoms with van der Waals surface area (Å²) in [5.74, 6) is 0.642. The van der Waals surface area contributed by atoms with E-state index in [4.69, 9.17) is 9.47 Å². The van der Waals surface area contributed by atoms with Crippen molar-refractivity contribution in [2.75, 3.05) is 52.8 Å². The average Bonchev–Trinajstić information content (AvgIpc) is 2.74. The van der Waals surface area contributed by atoms with E-state index in [9.17, 15) is 13.2 Å². The Morgan fingerprint density at radius 2 is 1.62 bits per heavy atom. The number of nitrogens with one attached hydrogen (secondary N) is 1. The highest BCUT2D eigenvalue weighted by molar-refractivity contribution is 7.89. The van der Waals surface area contributed by atoms with E-state index in [0.29, 0.717) is 48.9 Å². The molecule has 3 rings (SSSR count). The molecule has 2 aromatic rings. The number of nitrogens with zero attached hydrogens (tertiary/aromatic N) is 2. The van der Waals surface area contributed by atoms with Crippen molar-refractivity contribution >= 4 is 21.6 Å². The van der Waals surface area contributed by atoms with E-state index in [0.717, 1.165) is 0 Å². The van der Waals surface area contributed by atoms with Crippen molar-refractivity contribution in [3.05, 3.63) is 48.0 Å². The number of ether oxygens (including phenoxy) is 2. The molecule has 1 N–H and O–H groups in total. The van der Waals surface area contributed by atoms with Crippen molar-refractivity contribution in [1.82, 2.24) is 9.21 Å². The number of carbonyl (C=O) groups is 1. The lowest BCUT2D eigenvalue weighted by atomic mass is 10.2. The van der Waals surface area contributed by atoms with Gasteiger partial charge in [0.25, 0.3) is 5.91 Å². The van der Waals surface area contributed by atoms with E-state index in [1.807, 2.05) is 7.05 Å². The summed E-state index contributed by atoms with van der Waals surface area (Å²) in [4.78, 5) is 14.8. The summed E-state index contributed by atoms with van der Waals surface area (Å²) >= 11 is 0. The maximum atomic E-state index is 13.0. The Labute approximate surface area is 171 Å². The third-order valence-corrected chi connectivity index (χ3v) is 6.77. The molecule has 0 saturated carbocycles. The van der Waals surface area contributed by atoms with Gasteiger partial charge in [0.1, 0.15) is 11.5 Å². The zero-order valence-corrected chi connectivity index (χ0v) is 17.5. The van der Waals surface area contributed by atoms with Gasteiger partial charge in [-0.05, 0) is 49.5 Å². The fraction of sp³-hybridized carbons (Fsp3) is 0.350. The molecule has 29 heavy (non-hydrogen) atoms. The zero-order valence-electron chi connectivity index (χ0n) is 16.7. The molecular weight excluding hydrogens is 394 g/mol. The third-order valence-electron chi connectivity index (χ3n) is 4.87. The Morgan fingerprint density at radius 1 is 0.966 bits per heavy atom. The molecule has 0 radical (unpaired) electrons. The van der Waals surface area contributed by atoms with Crippen LogP contribution in [0.3, 0.4) is 0 Å². The highest BCUT2D eigenvalue weighted by atomic mass is 32.2. The lowest BCUT2D eigenvalue weighted by molar-refractivity contribution is 0.102. The second-order valence-electron chi connectivity index (χ2n) is 6.75. The maximum Gasteiger partial charge on any atom is 0.255 e. The second kappa shape index (κ2) is 8.81. The van der Waals surface area contributed by atoms with Crippen molar-refractivity contribution in [2.24, 2.45) is 0 Å². The van der Waals surface area contributed by atoms with E-state index >= 15 is 0 Å². The quantitative estimate of drug-likeness (QED) is 0.769. The van der Waals surface area contributed by atoms with Gasteiger partial charge in [0.05, 0.1) is 24.8 Å². The van der Waals surface area contributed by atoms with Crippen LogP contribution in [0.4, 0.5) is 5.69 Å². The topological polar surface area (TPSA) is 88.2 Å². The number of hydrogen-bond acceptors (Lipinski definition) is 6. The molecule has 1 aliphatic heterocycles. The first-order valence-electron chi connectivity index (χ1n) is 9.17. The minimum absolute atomic E-state index is 0.118. The number of amides is 1. The van der Waals surface area contributed by atoms with E-state index < -0.39 is 10.0 Å². The number of carbonyl (C=O) groups excluding carboxylic acids is 1. The van der Waals surface area contributed by atoms with E-state index in [1.54, 1.807) is 37.4 Å². The van der Waals surface area contributed by atoms with Crippen LogP contribution in [-0.4, -0.2) is 71.0 Å². The standard InChI is InChI=1S/C20H25N3O5S/c1-22-10-12-23(13-11-22)29(25,26)17-8-9-19(28-3)18(14-17)21-20(24)15-4-6-16(27-2)7-5-15/h4-9,14H,10-13H2,1-3H3,(H,21,24). The van der Waals surface area contributed by atoms with Crippen LogP contribution in [-0.2, 0) is 10.0 Å². The van der Waals surface area contributed by atoms with Crippen LogP contribution in [0.25, 0.3) is 0 Å². The van der Waals surface area contributed by atoms with Gasteiger partial charge in [0, 0.05) is 31.7 Å². The molecule has 156 valence electrons. The Kier molecular flexibility index (Phi) is 6.41. The predicted molar refractivity (Wildman–Crippen MR) is 110 cm³/mol. The number of piperazine rings is 1. The summed E-state index contributed by atoms with van der Waals surface area (Å²) < 4.78 is 37.9. The highest BCUT2D eigenvalue weighted by Crippen LogP contribution is 2.30. The summed E-state index contributed by atoms with van der Waals surface area (Å²) in [5, 5.41) is 2.74. The van der Waals surface area contributed by atoms with Crippen LogP contribution >= 0.6 is 0 Å². The van der Waals surface area contributed by atoms with Gasteiger partial charge in [-0.2, -0.15) is 4.31 Å². The number of methoxy groups -OCH3 is 2. The van der Waals surface area contributed by atoms with E-state index in [-0.39, 0.29) is 10.8 Å². The Morgan fingerprint density at radius 3 is 2.21 bits per heavy atom. The molecule has 8 nitrogen and oxygen atoms in total. The van der Waals surface area contributed by atoms with Gasteiger partial charge in [-0.25, -0.2) is 8.42 Å². The second-order valence-corrected chi connectivity index (χ2v) is 8.69. The fourth-order valence-corrected chi connectivity index (χ4v) is 4.51. The van der Waals surface area contributed by atoms with Gasteiger partial charge in [-0.3, -0.25) is 4.79 Å². The molecule has 1 heterocycles. The monoisotopic (exact) mass is 419 g/mol. The smallest absolute Gasteiger partial charge is 0.255 e. The molecule has 1 aliphatic rings. The number of sulfonamides is 1.